The topological polar surface area (TPSA) is 92.5 Å². The number of para-hydroxylation sites is 1. The van der Waals surface area contributed by atoms with Crippen molar-refractivity contribution in [3.8, 4) is 0 Å². The van der Waals surface area contributed by atoms with Gasteiger partial charge in [0.1, 0.15) is 6.04 Å². The van der Waals surface area contributed by atoms with Crippen molar-refractivity contribution in [1.29, 1.82) is 0 Å². The second kappa shape index (κ2) is 6.49. The van der Waals surface area contributed by atoms with Gasteiger partial charge in [0.2, 0.25) is 0 Å². The molecule has 0 radical (unpaired) electrons. The smallest absolute Gasteiger partial charge is 0.320 e. The van der Waals surface area contributed by atoms with Gasteiger partial charge in [0, 0.05) is 11.6 Å². The highest BCUT2D eigenvalue weighted by Gasteiger charge is 2.30. The maximum absolute atomic E-state index is 10.9. The zero-order valence-corrected chi connectivity index (χ0v) is 10.9. The van der Waals surface area contributed by atoms with Crippen molar-refractivity contribution in [1.82, 2.24) is 5.32 Å². The number of rotatable bonds is 4. The Hall–Kier alpha value is -1.66. The van der Waals surface area contributed by atoms with E-state index in [9.17, 15) is 14.9 Å². The third-order valence-corrected chi connectivity index (χ3v) is 3.22. The van der Waals surface area contributed by atoms with Crippen molar-refractivity contribution in [2.75, 3.05) is 6.54 Å². The van der Waals surface area contributed by atoms with Crippen LogP contribution in [0.3, 0.4) is 0 Å². The van der Waals surface area contributed by atoms with Crippen LogP contribution in [0.5, 0.6) is 0 Å². The normalized spacial score (nSPS) is 21.7. The van der Waals surface area contributed by atoms with E-state index >= 15 is 0 Å². The number of nitro groups is 1. The van der Waals surface area contributed by atoms with Gasteiger partial charge in [-0.1, -0.05) is 18.2 Å². The van der Waals surface area contributed by atoms with Crippen LogP contribution in [0.4, 0.5) is 5.69 Å². The van der Waals surface area contributed by atoms with E-state index in [0.717, 1.165) is 0 Å². The largest absolute Gasteiger partial charge is 0.480 e. The molecule has 0 amide bonds. The summed E-state index contributed by atoms with van der Waals surface area (Å²) in [5.41, 5.74) is 0.775. The van der Waals surface area contributed by atoms with Crippen molar-refractivity contribution >= 4 is 24.1 Å². The van der Waals surface area contributed by atoms with Crippen LogP contribution in [-0.4, -0.2) is 28.6 Å². The highest BCUT2D eigenvalue weighted by Crippen LogP contribution is 2.25. The summed E-state index contributed by atoms with van der Waals surface area (Å²) < 4.78 is 0. The minimum atomic E-state index is -0.861. The third kappa shape index (κ3) is 3.65. The third-order valence-electron chi connectivity index (χ3n) is 3.22. The maximum Gasteiger partial charge on any atom is 0.320 e. The summed E-state index contributed by atoms with van der Waals surface area (Å²) in [5, 5.41) is 22.6. The fourth-order valence-corrected chi connectivity index (χ4v) is 2.33. The number of nitrogens with zero attached hydrogens (tertiary/aromatic N) is 1. The second-order valence-corrected chi connectivity index (χ2v) is 4.49. The molecule has 0 aliphatic carbocycles. The predicted molar refractivity (Wildman–Crippen MR) is 71.6 cm³/mol. The molecule has 2 rings (SSSR count). The van der Waals surface area contributed by atoms with Crippen LogP contribution in [0.15, 0.2) is 24.3 Å². The van der Waals surface area contributed by atoms with Gasteiger partial charge in [0.25, 0.3) is 5.69 Å². The van der Waals surface area contributed by atoms with Crippen LogP contribution in [0, 0.1) is 16.0 Å². The molecule has 0 aromatic heterocycles. The summed E-state index contributed by atoms with van der Waals surface area (Å²) in [4.78, 5) is 21.3. The van der Waals surface area contributed by atoms with Crippen molar-refractivity contribution in [2.24, 2.45) is 5.92 Å². The van der Waals surface area contributed by atoms with Crippen LogP contribution in [-0.2, 0) is 11.2 Å². The summed E-state index contributed by atoms with van der Waals surface area (Å²) in [6.45, 7) is 0.586. The number of hydrogen-bond acceptors (Lipinski definition) is 4. The minimum Gasteiger partial charge on any atom is -0.480 e. The first-order chi connectivity index (χ1) is 8.58. The first kappa shape index (κ1) is 15.4. The Balaban J connectivity index is 0.00000180. The first-order valence-electron chi connectivity index (χ1n) is 5.76. The van der Waals surface area contributed by atoms with Crippen LogP contribution in [0.25, 0.3) is 0 Å². The van der Waals surface area contributed by atoms with Crippen molar-refractivity contribution in [2.45, 2.75) is 18.9 Å². The van der Waals surface area contributed by atoms with Gasteiger partial charge >= 0.3 is 5.97 Å². The van der Waals surface area contributed by atoms with Crippen molar-refractivity contribution in [3.63, 3.8) is 0 Å². The molecule has 1 fully saturated rings. The number of carboxylic acid groups (broad SMARTS) is 1. The van der Waals surface area contributed by atoms with Gasteiger partial charge in [-0.2, -0.15) is 0 Å². The van der Waals surface area contributed by atoms with Gasteiger partial charge in [-0.3, -0.25) is 14.9 Å². The average molecular weight is 287 g/mol. The van der Waals surface area contributed by atoms with Gasteiger partial charge in [-0.15, -0.1) is 12.4 Å². The summed E-state index contributed by atoms with van der Waals surface area (Å²) in [5.74, 6) is -0.729. The second-order valence-electron chi connectivity index (χ2n) is 4.49. The van der Waals surface area contributed by atoms with E-state index in [2.05, 4.69) is 5.32 Å². The standard InChI is InChI=1S/C12H14N2O4.ClH/c15-12(16)10-6-8(7-13-10)5-9-3-1-2-4-11(9)14(17)18;/h1-4,8,10,13H,5-7H2,(H,15,16);1H. The number of benzene rings is 1. The molecule has 1 aromatic rings. The number of hydrogen-bond donors (Lipinski definition) is 2. The lowest BCUT2D eigenvalue weighted by Crippen LogP contribution is -2.29. The lowest BCUT2D eigenvalue weighted by Gasteiger charge is -2.08. The van der Waals surface area contributed by atoms with Crippen LogP contribution < -0.4 is 5.32 Å². The number of carboxylic acids is 1. The van der Waals surface area contributed by atoms with E-state index in [-0.39, 0.29) is 24.0 Å². The Kier molecular flexibility index (Phi) is 5.26. The molecule has 0 bridgehead atoms. The summed E-state index contributed by atoms with van der Waals surface area (Å²) in [6.07, 6.45) is 1.05. The SMILES string of the molecule is Cl.O=C(O)C1CC(Cc2ccccc2[N+](=O)[O-])CN1. The molecule has 2 atom stereocenters. The molecule has 0 saturated carbocycles. The summed E-state index contributed by atoms with van der Waals surface area (Å²) in [7, 11) is 0. The molecule has 19 heavy (non-hydrogen) atoms. The van der Waals surface area contributed by atoms with E-state index in [0.29, 0.717) is 24.9 Å². The molecule has 1 aromatic carbocycles. The van der Waals surface area contributed by atoms with Gasteiger partial charge in [-0.25, -0.2) is 0 Å². The van der Waals surface area contributed by atoms with Crippen molar-refractivity contribution in [3.05, 3.63) is 39.9 Å². The maximum atomic E-state index is 10.9. The van der Waals surface area contributed by atoms with E-state index in [4.69, 9.17) is 5.11 Å². The molecule has 6 nitrogen and oxygen atoms in total. The Bertz CT molecular complexity index is 481. The quantitative estimate of drug-likeness (QED) is 0.648. The number of carbonyl (C=O) groups is 1. The van der Waals surface area contributed by atoms with E-state index in [1.807, 2.05) is 0 Å². The Morgan fingerprint density at radius 3 is 2.74 bits per heavy atom. The summed E-state index contributed by atoms with van der Waals surface area (Å²) in [6, 6.07) is 6.07. The Labute approximate surface area is 116 Å². The van der Waals surface area contributed by atoms with Crippen LogP contribution in [0.2, 0.25) is 0 Å². The zero-order valence-electron chi connectivity index (χ0n) is 10.1. The average Bonchev–Trinajstić information content (AvgIpc) is 2.78. The molecule has 104 valence electrons. The molecular formula is C12H15ClN2O4. The van der Waals surface area contributed by atoms with Gasteiger partial charge in [0.15, 0.2) is 0 Å². The summed E-state index contributed by atoms with van der Waals surface area (Å²) >= 11 is 0. The predicted octanol–water partition coefficient (Wildman–Crippen LogP) is 1.62. The molecule has 2 N–H and O–H groups in total. The molecule has 1 aliphatic heterocycles. The van der Waals surface area contributed by atoms with Crippen LogP contribution in [0.1, 0.15) is 12.0 Å². The molecule has 0 spiro atoms. The van der Waals surface area contributed by atoms with Gasteiger partial charge in [0.05, 0.1) is 4.92 Å². The van der Waals surface area contributed by atoms with Gasteiger partial charge in [-0.05, 0) is 25.3 Å². The monoisotopic (exact) mass is 286 g/mol. The van der Waals surface area contributed by atoms with Crippen molar-refractivity contribution < 1.29 is 14.8 Å². The zero-order chi connectivity index (χ0) is 13.1. The highest BCUT2D eigenvalue weighted by atomic mass is 35.5. The van der Waals surface area contributed by atoms with E-state index in [1.165, 1.54) is 6.07 Å². The Morgan fingerprint density at radius 2 is 2.16 bits per heavy atom. The molecular weight excluding hydrogens is 272 g/mol. The fraction of sp³-hybridized carbons (Fsp3) is 0.417. The van der Waals surface area contributed by atoms with Gasteiger partial charge < -0.3 is 10.4 Å². The lowest BCUT2D eigenvalue weighted by molar-refractivity contribution is -0.385. The number of aliphatic carboxylic acids is 1. The number of nitrogens with one attached hydrogen (secondary N) is 1. The molecule has 1 heterocycles. The van der Waals surface area contributed by atoms with E-state index in [1.54, 1.807) is 18.2 Å². The molecule has 1 aliphatic rings. The molecule has 1 saturated heterocycles. The minimum absolute atomic E-state index is 0. The lowest BCUT2D eigenvalue weighted by atomic mass is 9.96. The fourth-order valence-electron chi connectivity index (χ4n) is 2.33. The first-order valence-corrected chi connectivity index (χ1v) is 5.76. The highest BCUT2D eigenvalue weighted by molar-refractivity contribution is 5.85. The van der Waals surface area contributed by atoms with Crippen LogP contribution >= 0.6 is 12.4 Å². The molecule has 2 unspecified atom stereocenters. The number of nitro benzene ring substituents is 1. The Morgan fingerprint density at radius 1 is 1.47 bits per heavy atom. The molecule has 7 heteroatoms. The number of halogens is 1. The van der Waals surface area contributed by atoms with E-state index < -0.39 is 16.9 Å².